The minimum atomic E-state index is -3.21. The number of halogens is 1. The molecule has 3 aromatic rings. The maximum atomic E-state index is 13.3. The highest BCUT2D eigenvalue weighted by molar-refractivity contribution is 7.91. The van der Waals surface area contributed by atoms with Gasteiger partial charge < -0.3 is 14.2 Å². The molecule has 4 rings (SSSR count). The van der Waals surface area contributed by atoms with Gasteiger partial charge in [-0.1, -0.05) is 17.3 Å². The molecule has 31 heavy (non-hydrogen) atoms. The van der Waals surface area contributed by atoms with Crippen molar-refractivity contribution in [1.82, 2.24) is 10.1 Å². The van der Waals surface area contributed by atoms with Gasteiger partial charge in [0.2, 0.25) is 0 Å². The predicted octanol–water partition coefficient (Wildman–Crippen LogP) is 3.32. The predicted molar refractivity (Wildman–Crippen MR) is 112 cm³/mol. The van der Waals surface area contributed by atoms with E-state index in [1.54, 1.807) is 43.5 Å². The van der Waals surface area contributed by atoms with Crippen LogP contribution < -0.4 is 4.74 Å². The van der Waals surface area contributed by atoms with E-state index in [-0.39, 0.29) is 29.6 Å². The molecule has 0 radical (unpaired) electrons. The Bertz CT molecular complexity index is 1170. The van der Waals surface area contributed by atoms with Crippen molar-refractivity contribution >= 4 is 15.7 Å². The molecule has 0 aliphatic carbocycles. The largest absolute Gasteiger partial charge is 0.497 e. The standard InChI is InChI=1S/C22H21FN2O5S/c1-29-19-8-4-16(5-9-19)21-12-20(24-30-21)22(26)25(18-10-11-31(27,28)14-18)13-15-2-6-17(23)7-3-15/h2-9,12,18H,10-11,13-14H2,1H3. The van der Waals surface area contributed by atoms with Gasteiger partial charge in [0.15, 0.2) is 21.3 Å². The molecule has 0 N–H and O–H groups in total. The molecule has 1 aromatic heterocycles. The minimum Gasteiger partial charge on any atom is -0.497 e. The van der Waals surface area contributed by atoms with Crippen molar-refractivity contribution in [1.29, 1.82) is 0 Å². The Kier molecular flexibility index (Phi) is 5.77. The molecule has 1 atom stereocenters. The minimum absolute atomic E-state index is 0.0285. The number of hydrogen-bond donors (Lipinski definition) is 0. The number of ether oxygens (including phenoxy) is 1. The highest BCUT2D eigenvalue weighted by atomic mass is 32.2. The van der Waals surface area contributed by atoms with Crippen LogP contribution in [0.25, 0.3) is 11.3 Å². The molecule has 2 heterocycles. The van der Waals surface area contributed by atoms with Crippen LogP contribution in [0.2, 0.25) is 0 Å². The lowest BCUT2D eigenvalue weighted by Crippen LogP contribution is -2.40. The molecular formula is C22H21FN2O5S. The number of hydrogen-bond acceptors (Lipinski definition) is 6. The number of carbonyl (C=O) groups is 1. The monoisotopic (exact) mass is 444 g/mol. The molecule has 162 valence electrons. The number of nitrogens with zero attached hydrogens (tertiary/aromatic N) is 2. The van der Waals surface area contributed by atoms with E-state index >= 15 is 0 Å². The van der Waals surface area contributed by atoms with Gasteiger partial charge in [0.05, 0.1) is 18.6 Å². The Balaban J connectivity index is 1.60. The van der Waals surface area contributed by atoms with Gasteiger partial charge in [0.25, 0.3) is 5.91 Å². The van der Waals surface area contributed by atoms with Crippen molar-refractivity contribution in [2.24, 2.45) is 0 Å². The number of aromatic nitrogens is 1. The first-order valence-electron chi connectivity index (χ1n) is 9.71. The smallest absolute Gasteiger partial charge is 0.276 e. The zero-order valence-corrected chi connectivity index (χ0v) is 17.6. The van der Waals surface area contributed by atoms with Crippen LogP contribution in [0.1, 0.15) is 22.5 Å². The average Bonchev–Trinajstić information content (AvgIpc) is 3.39. The summed E-state index contributed by atoms with van der Waals surface area (Å²) in [6, 6.07) is 13.9. The topological polar surface area (TPSA) is 89.7 Å². The van der Waals surface area contributed by atoms with Crippen LogP contribution in [0.15, 0.2) is 59.1 Å². The van der Waals surface area contributed by atoms with Crippen LogP contribution in [0.5, 0.6) is 5.75 Å². The molecule has 1 amide bonds. The lowest BCUT2D eigenvalue weighted by molar-refractivity contribution is 0.0670. The summed E-state index contributed by atoms with van der Waals surface area (Å²) in [6.07, 6.45) is 0.346. The molecule has 9 heteroatoms. The Morgan fingerprint density at radius 2 is 1.90 bits per heavy atom. The Morgan fingerprint density at radius 3 is 2.52 bits per heavy atom. The van der Waals surface area contributed by atoms with E-state index in [1.165, 1.54) is 23.1 Å². The third-order valence-corrected chi connectivity index (χ3v) is 7.03. The van der Waals surface area contributed by atoms with Crippen molar-refractivity contribution in [3.8, 4) is 17.1 Å². The number of benzene rings is 2. The molecule has 1 saturated heterocycles. The van der Waals surface area contributed by atoms with Crippen LogP contribution in [-0.2, 0) is 16.4 Å². The SMILES string of the molecule is COc1ccc(-c2cc(C(=O)N(Cc3ccc(F)cc3)C3CCS(=O)(=O)C3)no2)cc1. The van der Waals surface area contributed by atoms with Gasteiger partial charge in [0.1, 0.15) is 11.6 Å². The fraction of sp³-hybridized carbons (Fsp3) is 0.273. The van der Waals surface area contributed by atoms with Crippen molar-refractivity contribution < 1.29 is 26.9 Å². The second-order valence-corrected chi connectivity index (χ2v) is 9.65. The molecule has 7 nitrogen and oxygen atoms in total. The van der Waals surface area contributed by atoms with Crippen LogP contribution in [0.3, 0.4) is 0 Å². The first-order valence-corrected chi connectivity index (χ1v) is 11.5. The van der Waals surface area contributed by atoms with Gasteiger partial charge in [-0.25, -0.2) is 12.8 Å². The zero-order chi connectivity index (χ0) is 22.0. The second-order valence-electron chi connectivity index (χ2n) is 7.42. The normalized spacial score (nSPS) is 17.4. The highest BCUT2D eigenvalue weighted by Crippen LogP contribution is 2.26. The maximum Gasteiger partial charge on any atom is 0.276 e. The maximum absolute atomic E-state index is 13.3. The van der Waals surface area contributed by atoms with Crippen molar-refractivity contribution in [2.45, 2.75) is 19.0 Å². The summed E-state index contributed by atoms with van der Waals surface area (Å²) >= 11 is 0. The van der Waals surface area contributed by atoms with Gasteiger partial charge in [-0.05, 0) is 48.4 Å². The lowest BCUT2D eigenvalue weighted by atomic mass is 10.1. The number of sulfone groups is 1. The Morgan fingerprint density at radius 1 is 1.19 bits per heavy atom. The lowest BCUT2D eigenvalue weighted by Gasteiger charge is -2.27. The zero-order valence-electron chi connectivity index (χ0n) is 16.8. The van der Waals surface area contributed by atoms with E-state index in [2.05, 4.69) is 5.16 Å². The number of methoxy groups -OCH3 is 1. The summed E-state index contributed by atoms with van der Waals surface area (Å²) in [7, 11) is -1.64. The summed E-state index contributed by atoms with van der Waals surface area (Å²) in [5, 5.41) is 3.91. The number of amides is 1. The fourth-order valence-corrected chi connectivity index (χ4v) is 5.32. The van der Waals surface area contributed by atoms with Gasteiger partial charge in [-0.2, -0.15) is 0 Å². The molecular weight excluding hydrogens is 423 g/mol. The van der Waals surface area contributed by atoms with Gasteiger partial charge in [-0.3, -0.25) is 4.79 Å². The van der Waals surface area contributed by atoms with Crippen LogP contribution in [0.4, 0.5) is 4.39 Å². The molecule has 1 aliphatic rings. The molecule has 0 saturated carbocycles. The van der Waals surface area contributed by atoms with Crippen molar-refractivity contribution in [3.05, 3.63) is 71.7 Å². The summed E-state index contributed by atoms with van der Waals surface area (Å²) in [5.74, 6) is 0.198. The quantitative estimate of drug-likeness (QED) is 0.579. The van der Waals surface area contributed by atoms with E-state index in [1.807, 2.05) is 0 Å². The van der Waals surface area contributed by atoms with E-state index in [4.69, 9.17) is 9.26 Å². The summed E-state index contributed by atoms with van der Waals surface area (Å²) < 4.78 is 47.8. The summed E-state index contributed by atoms with van der Waals surface area (Å²) in [5.41, 5.74) is 1.50. The third-order valence-electron chi connectivity index (χ3n) is 5.28. The Hall–Kier alpha value is -3.20. The fourth-order valence-electron chi connectivity index (χ4n) is 3.59. The second kappa shape index (κ2) is 8.50. The van der Waals surface area contributed by atoms with Gasteiger partial charge in [-0.15, -0.1) is 0 Å². The molecule has 2 aromatic carbocycles. The average molecular weight is 444 g/mol. The molecule has 1 aliphatic heterocycles. The molecule has 1 fully saturated rings. The first kappa shape index (κ1) is 21.0. The van der Waals surface area contributed by atoms with E-state index in [0.717, 1.165) is 5.56 Å². The third kappa shape index (κ3) is 4.77. The van der Waals surface area contributed by atoms with Crippen LogP contribution in [-0.4, -0.2) is 49.0 Å². The Labute approximate surface area is 179 Å². The van der Waals surface area contributed by atoms with Crippen LogP contribution in [0, 0.1) is 5.82 Å². The summed E-state index contributed by atoms with van der Waals surface area (Å²) in [4.78, 5) is 14.8. The molecule has 1 unspecified atom stereocenters. The van der Waals surface area contributed by atoms with E-state index in [0.29, 0.717) is 23.5 Å². The summed E-state index contributed by atoms with van der Waals surface area (Å²) in [6.45, 7) is 0.143. The highest BCUT2D eigenvalue weighted by Gasteiger charge is 2.36. The molecule has 0 spiro atoms. The molecule has 0 bridgehead atoms. The number of carbonyl (C=O) groups excluding carboxylic acids is 1. The van der Waals surface area contributed by atoms with Crippen molar-refractivity contribution in [3.63, 3.8) is 0 Å². The first-order chi connectivity index (χ1) is 14.8. The number of rotatable bonds is 6. The van der Waals surface area contributed by atoms with E-state index < -0.39 is 21.8 Å². The van der Waals surface area contributed by atoms with Gasteiger partial charge >= 0.3 is 0 Å². The van der Waals surface area contributed by atoms with Gasteiger partial charge in [0, 0.05) is 24.2 Å². The van der Waals surface area contributed by atoms with E-state index in [9.17, 15) is 17.6 Å². The van der Waals surface area contributed by atoms with Crippen LogP contribution >= 0.6 is 0 Å². The van der Waals surface area contributed by atoms with Crippen molar-refractivity contribution in [2.75, 3.05) is 18.6 Å².